The molecule has 33 heavy (non-hydrogen) atoms. The fraction of sp³-hybridized carbons (Fsp3) is 0.458. The number of aryl methyl sites for hydroxylation is 2. The molecule has 0 aliphatic carbocycles. The molecule has 2 aromatic carbocycles. The molecule has 0 amide bonds. The van der Waals surface area contributed by atoms with Gasteiger partial charge < -0.3 is 20.1 Å². The van der Waals surface area contributed by atoms with Gasteiger partial charge in [-0.1, -0.05) is 32.0 Å². The average molecular weight is 478 g/mol. The van der Waals surface area contributed by atoms with Crippen LogP contribution in [0, 0.1) is 0 Å². The van der Waals surface area contributed by atoms with E-state index in [1.54, 1.807) is 24.3 Å². The molecule has 8 nitrogen and oxygen atoms in total. The fourth-order valence-corrected chi connectivity index (χ4v) is 4.99. The molecule has 2 rings (SSSR count). The Morgan fingerprint density at radius 3 is 2.33 bits per heavy atom. The van der Waals surface area contributed by atoms with Crippen molar-refractivity contribution in [2.45, 2.75) is 44.4 Å². The second-order valence-corrected chi connectivity index (χ2v) is 9.68. The summed E-state index contributed by atoms with van der Waals surface area (Å²) in [5.74, 6) is -1.07. The van der Waals surface area contributed by atoms with E-state index in [9.17, 15) is 18.3 Å². The van der Waals surface area contributed by atoms with E-state index in [0.29, 0.717) is 30.6 Å². The molecule has 0 saturated carbocycles. The predicted octanol–water partition coefficient (Wildman–Crippen LogP) is 4.07. The number of carbonyl (C=O) groups is 1. The van der Waals surface area contributed by atoms with Crippen molar-refractivity contribution in [3.05, 3.63) is 47.0 Å². The Morgan fingerprint density at radius 1 is 1.09 bits per heavy atom. The lowest BCUT2D eigenvalue weighted by Crippen LogP contribution is -2.20. The maximum Gasteiger partial charge on any atom is 0.341 e. The molecule has 0 saturated heterocycles. The van der Waals surface area contributed by atoms with Crippen molar-refractivity contribution in [3.8, 4) is 5.75 Å². The van der Waals surface area contributed by atoms with Crippen LogP contribution in [0.25, 0.3) is 0 Å². The van der Waals surface area contributed by atoms with Crippen LogP contribution in [0.2, 0.25) is 0 Å². The number of nitrogens with zero attached hydrogens (tertiary/aromatic N) is 1. The lowest BCUT2D eigenvalue weighted by atomic mass is 9.98. The van der Waals surface area contributed by atoms with E-state index in [2.05, 4.69) is 14.9 Å². The number of aromatic carboxylic acids is 1. The van der Waals surface area contributed by atoms with Crippen molar-refractivity contribution in [3.63, 3.8) is 0 Å². The van der Waals surface area contributed by atoms with Gasteiger partial charge in [-0.2, -0.15) is 0 Å². The second-order valence-electron chi connectivity index (χ2n) is 8.03. The first-order chi connectivity index (χ1) is 15.7. The average Bonchev–Trinajstić information content (AvgIpc) is 2.77. The highest BCUT2D eigenvalue weighted by atomic mass is 32.2. The van der Waals surface area contributed by atoms with Crippen molar-refractivity contribution in [1.29, 1.82) is 0 Å². The van der Waals surface area contributed by atoms with Crippen LogP contribution < -0.4 is 14.8 Å². The molecule has 0 radical (unpaired) electrons. The lowest BCUT2D eigenvalue weighted by molar-refractivity contribution is 0.0694. The van der Waals surface area contributed by atoms with Crippen molar-refractivity contribution >= 4 is 27.4 Å². The molecule has 0 aliphatic heterocycles. The standard InChI is InChI=1S/C24H35N3O5S/c1-6-17-16-18(7-2)23(32-5)21(24(28)29)22(17)26-33(30,31)20-13-9-8-12-19(20)25-14-10-11-15-27(3)4/h8-9,12-13,16,25-26H,6-7,10-11,14-15H2,1-5H3,(H,28,29). The van der Waals surface area contributed by atoms with Gasteiger partial charge in [0.2, 0.25) is 0 Å². The maximum atomic E-state index is 13.4. The van der Waals surface area contributed by atoms with Gasteiger partial charge >= 0.3 is 5.97 Å². The number of benzene rings is 2. The first-order valence-corrected chi connectivity index (χ1v) is 12.6. The molecule has 0 aromatic heterocycles. The third-order valence-electron chi connectivity index (χ3n) is 5.38. The third-order valence-corrected chi connectivity index (χ3v) is 6.79. The largest absolute Gasteiger partial charge is 0.495 e. The smallest absolute Gasteiger partial charge is 0.341 e. The summed E-state index contributed by atoms with van der Waals surface area (Å²) in [6.45, 7) is 5.33. The van der Waals surface area contributed by atoms with Crippen molar-refractivity contribution in [2.75, 3.05) is 44.3 Å². The van der Waals surface area contributed by atoms with Crippen molar-refractivity contribution in [2.24, 2.45) is 0 Å². The Labute approximate surface area is 197 Å². The molecule has 0 aliphatic rings. The first-order valence-electron chi connectivity index (χ1n) is 11.1. The van der Waals surface area contributed by atoms with Gasteiger partial charge in [-0.15, -0.1) is 0 Å². The van der Waals surface area contributed by atoms with Crippen LogP contribution in [-0.2, 0) is 22.9 Å². The number of hydrogen-bond acceptors (Lipinski definition) is 6. The number of para-hydroxylation sites is 1. The van der Waals surface area contributed by atoms with Gasteiger partial charge in [-0.05, 0) is 69.6 Å². The third kappa shape index (κ3) is 6.61. The van der Waals surface area contributed by atoms with E-state index >= 15 is 0 Å². The summed E-state index contributed by atoms with van der Waals surface area (Å²) in [5, 5.41) is 13.1. The first kappa shape index (κ1) is 26.5. The number of hydrogen-bond donors (Lipinski definition) is 3. The van der Waals surface area contributed by atoms with E-state index in [1.807, 2.05) is 27.9 Å². The summed E-state index contributed by atoms with van der Waals surface area (Å²) in [7, 11) is 1.34. The summed E-state index contributed by atoms with van der Waals surface area (Å²) < 4.78 is 34.7. The number of methoxy groups -OCH3 is 1. The van der Waals surface area contributed by atoms with Crippen LogP contribution in [0.5, 0.6) is 5.75 Å². The molecule has 0 unspecified atom stereocenters. The summed E-state index contributed by atoms with van der Waals surface area (Å²) in [4.78, 5) is 14.3. The quantitative estimate of drug-likeness (QED) is 0.373. The van der Waals surface area contributed by atoms with Gasteiger partial charge in [0.05, 0.1) is 18.5 Å². The van der Waals surface area contributed by atoms with Gasteiger partial charge in [-0.3, -0.25) is 4.72 Å². The number of nitrogens with one attached hydrogen (secondary N) is 2. The minimum Gasteiger partial charge on any atom is -0.495 e. The number of sulfonamides is 1. The molecule has 9 heteroatoms. The normalized spacial score (nSPS) is 11.5. The highest BCUT2D eigenvalue weighted by molar-refractivity contribution is 7.93. The number of unbranched alkanes of at least 4 members (excludes halogenated alkanes) is 1. The number of ether oxygens (including phenoxy) is 1. The molecule has 0 fully saturated rings. The molecular weight excluding hydrogens is 442 g/mol. The molecule has 0 heterocycles. The SMILES string of the molecule is CCc1cc(CC)c(OC)c(C(=O)O)c1NS(=O)(=O)c1ccccc1NCCCCN(C)C. The van der Waals surface area contributed by atoms with E-state index in [4.69, 9.17) is 4.74 Å². The Balaban J connectivity index is 2.43. The van der Waals surface area contributed by atoms with E-state index < -0.39 is 16.0 Å². The van der Waals surface area contributed by atoms with Crippen LogP contribution in [-0.4, -0.2) is 58.7 Å². The van der Waals surface area contributed by atoms with Crippen LogP contribution in [0.15, 0.2) is 35.2 Å². The highest BCUT2D eigenvalue weighted by Gasteiger charge is 2.27. The molecule has 0 spiro atoms. The topological polar surface area (TPSA) is 108 Å². The number of rotatable bonds is 13. The van der Waals surface area contributed by atoms with Crippen molar-refractivity contribution in [1.82, 2.24) is 4.90 Å². The van der Waals surface area contributed by atoms with Crippen LogP contribution in [0.4, 0.5) is 11.4 Å². The maximum absolute atomic E-state index is 13.4. The van der Waals surface area contributed by atoms with Crippen LogP contribution in [0.3, 0.4) is 0 Å². The minimum absolute atomic E-state index is 0.0415. The molecule has 182 valence electrons. The lowest BCUT2D eigenvalue weighted by Gasteiger charge is -2.20. The van der Waals surface area contributed by atoms with Gasteiger partial charge in [-0.25, -0.2) is 13.2 Å². The Hall–Kier alpha value is -2.78. The molecule has 2 aromatic rings. The van der Waals surface area contributed by atoms with Gasteiger partial charge in [0.1, 0.15) is 16.2 Å². The van der Waals surface area contributed by atoms with E-state index in [0.717, 1.165) is 24.9 Å². The minimum atomic E-state index is -4.07. The number of anilines is 2. The zero-order chi connectivity index (χ0) is 24.6. The highest BCUT2D eigenvalue weighted by Crippen LogP contribution is 2.37. The second kappa shape index (κ2) is 11.9. The molecule has 3 N–H and O–H groups in total. The zero-order valence-corrected chi connectivity index (χ0v) is 20.9. The van der Waals surface area contributed by atoms with Gasteiger partial charge in [0, 0.05) is 6.54 Å². The van der Waals surface area contributed by atoms with Crippen molar-refractivity contribution < 1.29 is 23.1 Å². The zero-order valence-electron chi connectivity index (χ0n) is 20.1. The van der Waals surface area contributed by atoms with Gasteiger partial charge in [0.15, 0.2) is 0 Å². The fourth-order valence-electron chi connectivity index (χ4n) is 3.69. The Bertz CT molecular complexity index is 1070. The molecule has 0 atom stereocenters. The predicted molar refractivity (Wildman–Crippen MR) is 132 cm³/mol. The summed E-state index contributed by atoms with van der Waals surface area (Å²) in [6.07, 6.45) is 2.89. The Kier molecular flexibility index (Phi) is 9.55. The summed E-state index contributed by atoms with van der Waals surface area (Å²) >= 11 is 0. The van der Waals surface area contributed by atoms with E-state index in [1.165, 1.54) is 13.2 Å². The number of carboxylic acids is 1. The van der Waals surface area contributed by atoms with Gasteiger partial charge in [0.25, 0.3) is 10.0 Å². The summed E-state index contributed by atoms with van der Waals surface area (Å²) in [6, 6.07) is 8.43. The van der Waals surface area contributed by atoms with Crippen LogP contribution in [0.1, 0.15) is 48.2 Å². The molecular formula is C24H35N3O5S. The van der Waals surface area contributed by atoms with E-state index in [-0.39, 0.29) is 21.9 Å². The number of carboxylic acid groups (broad SMARTS) is 1. The summed E-state index contributed by atoms with van der Waals surface area (Å²) in [5.41, 5.74) is 1.66. The Morgan fingerprint density at radius 2 is 1.76 bits per heavy atom. The molecule has 0 bridgehead atoms. The van der Waals surface area contributed by atoms with Crippen LogP contribution >= 0.6 is 0 Å². The monoisotopic (exact) mass is 477 g/mol.